The van der Waals surface area contributed by atoms with Gasteiger partial charge in [-0.3, -0.25) is 0 Å². The summed E-state index contributed by atoms with van der Waals surface area (Å²) in [6.07, 6.45) is 3.54. The Labute approximate surface area is 108 Å². The Bertz CT molecular complexity index is 388. The molecule has 100 valence electrons. The Balaban J connectivity index is 2.01. The molecule has 0 aromatic carbocycles. The van der Waals surface area contributed by atoms with Gasteiger partial charge in [-0.05, 0) is 26.7 Å². The van der Waals surface area contributed by atoms with Gasteiger partial charge in [-0.25, -0.2) is 9.97 Å². The van der Waals surface area contributed by atoms with Crippen LogP contribution in [-0.2, 0) is 4.74 Å². The zero-order valence-corrected chi connectivity index (χ0v) is 11.2. The summed E-state index contributed by atoms with van der Waals surface area (Å²) < 4.78 is 5.84. The Morgan fingerprint density at radius 2 is 2.11 bits per heavy atom. The lowest BCUT2D eigenvalue weighted by molar-refractivity contribution is -0.0488. The van der Waals surface area contributed by atoms with Gasteiger partial charge in [0.1, 0.15) is 12.1 Å². The van der Waals surface area contributed by atoms with E-state index in [0.717, 1.165) is 44.0 Å². The summed E-state index contributed by atoms with van der Waals surface area (Å²) in [4.78, 5) is 10.7. The highest BCUT2D eigenvalue weighted by Gasteiger charge is 2.34. The van der Waals surface area contributed by atoms with Crippen molar-refractivity contribution in [2.75, 3.05) is 31.1 Å². The van der Waals surface area contributed by atoms with Crippen molar-refractivity contribution in [1.29, 1.82) is 0 Å². The minimum absolute atomic E-state index is 0.132. The highest BCUT2D eigenvalue weighted by Crippen LogP contribution is 2.27. The first kappa shape index (κ1) is 13.2. The van der Waals surface area contributed by atoms with Gasteiger partial charge in [-0.2, -0.15) is 0 Å². The number of aryl methyl sites for hydroxylation is 1. The van der Waals surface area contributed by atoms with Crippen molar-refractivity contribution >= 4 is 5.82 Å². The van der Waals surface area contributed by atoms with Crippen molar-refractivity contribution in [3.63, 3.8) is 0 Å². The maximum atomic E-state index is 5.86. The van der Waals surface area contributed by atoms with E-state index in [9.17, 15) is 0 Å². The zero-order valence-electron chi connectivity index (χ0n) is 11.2. The van der Waals surface area contributed by atoms with Crippen molar-refractivity contribution in [1.82, 2.24) is 9.97 Å². The molecule has 2 N–H and O–H groups in total. The monoisotopic (exact) mass is 250 g/mol. The molecular weight excluding hydrogens is 228 g/mol. The average Bonchev–Trinajstić information content (AvgIpc) is 2.40. The van der Waals surface area contributed by atoms with E-state index in [-0.39, 0.29) is 5.60 Å². The van der Waals surface area contributed by atoms with E-state index in [1.165, 1.54) is 0 Å². The quantitative estimate of drug-likeness (QED) is 0.867. The molecule has 0 radical (unpaired) electrons. The first-order valence-corrected chi connectivity index (χ1v) is 6.57. The molecule has 18 heavy (non-hydrogen) atoms. The first-order chi connectivity index (χ1) is 8.69. The third kappa shape index (κ3) is 2.79. The minimum Gasteiger partial charge on any atom is -0.374 e. The van der Waals surface area contributed by atoms with E-state index in [4.69, 9.17) is 10.5 Å². The maximum absolute atomic E-state index is 5.86. The van der Waals surface area contributed by atoms with E-state index in [2.05, 4.69) is 14.9 Å². The maximum Gasteiger partial charge on any atom is 0.132 e. The molecule has 1 aromatic heterocycles. The lowest BCUT2D eigenvalue weighted by atomic mass is 9.91. The zero-order chi connectivity index (χ0) is 13.0. The summed E-state index contributed by atoms with van der Waals surface area (Å²) in [7, 11) is 0. The molecule has 1 fully saturated rings. The van der Waals surface area contributed by atoms with Crippen LogP contribution in [0.2, 0.25) is 0 Å². The average molecular weight is 250 g/mol. The molecule has 5 heteroatoms. The van der Waals surface area contributed by atoms with Gasteiger partial charge in [0.05, 0.1) is 5.60 Å². The lowest BCUT2D eigenvalue weighted by Gasteiger charge is -2.41. The number of aromatic nitrogens is 2. The Morgan fingerprint density at radius 1 is 1.39 bits per heavy atom. The number of piperidine rings is 1. The van der Waals surface area contributed by atoms with Crippen LogP contribution in [0.5, 0.6) is 0 Å². The van der Waals surface area contributed by atoms with E-state index in [0.29, 0.717) is 6.54 Å². The van der Waals surface area contributed by atoms with Crippen LogP contribution in [0.1, 0.15) is 25.5 Å². The summed E-state index contributed by atoms with van der Waals surface area (Å²) in [6.45, 7) is 7.21. The normalized spacial score (nSPS) is 18.9. The smallest absolute Gasteiger partial charge is 0.132 e. The van der Waals surface area contributed by atoms with Gasteiger partial charge < -0.3 is 15.4 Å². The first-order valence-electron chi connectivity index (χ1n) is 6.57. The van der Waals surface area contributed by atoms with Gasteiger partial charge in [-0.1, -0.05) is 0 Å². The van der Waals surface area contributed by atoms with Crippen molar-refractivity contribution < 1.29 is 4.74 Å². The SMILES string of the molecule is CCOC1(CN)CCN(c2cc(C)ncn2)CC1. The second kappa shape index (κ2) is 5.63. The fraction of sp³-hybridized carbons (Fsp3) is 0.692. The summed E-state index contributed by atoms with van der Waals surface area (Å²) in [5, 5.41) is 0. The molecule has 0 aliphatic carbocycles. The number of ether oxygens (including phenoxy) is 1. The molecule has 0 atom stereocenters. The van der Waals surface area contributed by atoms with E-state index in [1.807, 2.05) is 19.9 Å². The number of anilines is 1. The lowest BCUT2D eigenvalue weighted by Crippen LogP contribution is -2.50. The Morgan fingerprint density at radius 3 is 2.67 bits per heavy atom. The fourth-order valence-electron chi connectivity index (χ4n) is 2.47. The number of hydrogen-bond acceptors (Lipinski definition) is 5. The molecule has 5 nitrogen and oxygen atoms in total. The van der Waals surface area contributed by atoms with E-state index >= 15 is 0 Å². The van der Waals surface area contributed by atoms with Gasteiger partial charge in [0, 0.05) is 38.0 Å². The van der Waals surface area contributed by atoms with Gasteiger partial charge in [0.2, 0.25) is 0 Å². The van der Waals surface area contributed by atoms with Gasteiger partial charge in [0.15, 0.2) is 0 Å². The second-order valence-corrected chi connectivity index (χ2v) is 4.82. The summed E-state index contributed by atoms with van der Waals surface area (Å²) >= 11 is 0. The molecule has 0 saturated carbocycles. The largest absolute Gasteiger partial charge is 0.374 e. The summed E-state index contributed by atoms with van der Waals surface area (Å²) in [5.74, 6) is 1.00. The van der Waals surface area contributed by atoms with Crippen molar-refractivity contribution in [2.45, 2.75) is 32.3 Å². The molecule has 2 heterocycles. The molecule has 1 aromatic rings. The highest BCUT2D eigenvalue weighted by molar-refractivity contribution is 5.39. The van der Waals surface area contributed by atoms with Crippen LogP contribution in [0.15, 0.2) is 12.4 Å². The molecule has 1 aliphatic heterocycles. The van der Waals surface area contributed by atoms with Crippen LogP contribution in [0.4, 0.5) is 5.82 Å². The van der Waals surface area contributed by atoms with E-state index < -0.39 is 0 Å². The van der Waals surface area contributed by atoms with Crippen LogP contribution in [-0.4, -0.2) is 41.8 Å². The summed E-state index contributed by atoms with van der Waals surface area (Å²) in [6, 6.07) is 2.02. The van der Waals surface area contributed by atoms with Crippen LogP contribution in [0, 0.1) is 6.92 Å². The summed E-state index contributed by atoms with van der Waals surface area (Å²) in [5.41, 5.74) is 6.73. The molecule has 1 saturated heterocycles. The van der Waals surface area contributed by atoms with Crippen LogP contribution < -0.4 is 10.6 Å². The van der Waals surface area contributed by atoms with Crippen LogP contribution in [0.25, 0.3) is 0 Å². The standard InChI is InChI=1S/C13H22N4O/c1-3-18-13(9-14)4-6-17(7-5-13)12-8-11(2)15-10-16-12/h8,10H,3-7,9,14H2,1-2H3. The Kier molecular flexibility index (Phi) is 4.14. The fourth-order valence-corrected chi connectivity index (χ4v) is 2.47. The topological polar surface area (TPSA) is 64.3 Å². The third-order valence-corrected chi connectivity index (χ3v) is 3.61. The minimum atomic E-state index is -0.132. The Hall–Kier alpha value is -1.20. The molecule has 0 bridgehead atoms. The number of rotatable bonds is 4. The predicted octanol–water partition coefficient (Wildman–Crippen LogP) is 1.12. The van der Waals surface area contributed by atoms with Gasteiger partial charge in [0.25, 0.3) is 0 Å². The predicted molar refractivity (Wildman–Crippen MR) is 71.6 cm³/mol. The number of nitrogens with zero attached hydrogens (tertiary/aromatic N) is 3. The van der Waals surface area contributed by atoms with E-state index in [1.54, 1.807) is 6.33 Å². The number of nitrogens with two attached hydrogens (primary N) is 1. The molecule has 2 rings (SSSR count). The molecule has 0 unspecified atom stereocenters. The highest BCUT2D eigenvalue weighted by atomic mass is 16.5. The second-order valence-electron chi connectivity index (χ2n) is 4.82. The van der Waals surface area contributed by atoms with Crippen molar-refractivity contribution in [3.8, 4) is 0 Å². The molecule has 0 amide bonds. The van der Waals surface area contributed by atoms with Gasteiger partial charge in [-0.15, -0.1) is 0 Å². The molecular formula is C13H22N4O. The molecule has 0 spiro atoms. The van der Waals surface area contributed by atoms with Crippen molar-refractivity contribution in [3.05, 3.63) is 18.1 Å². The van der Waals surface area contributed by atoms with Crippen LogP contribution in [0.3, 0.4) is 0 Å². The third-order valence-electron chi connectivity index (χ3n) is 3.61. The number of hydrogen-bond donors (Lipinski definition) is 1. The van der Waals surface area contributed by atoms with Crippen molar-refractivity contribution in [2.24, 2.45) is 5.73 Å². The molecule has 1 aliphatic rings. The van der Waals surface area contributed by atoms with Gasteiger partial charge >= 0.3 is 0 Å². The van der Waals surface area contributed by atoms with Crippen LogP contribution >= 0.6 is 0 Å².